The Morgan fingerprint density at radius 3 is 2.46 bits per heavy atom. The summed E-state index contributed by atoms with van der Waals surface area (Å²) in [5.74, 6) is 1.79. The van der Waals surface area contributed by atoms with Crippen molar-refractivity contribution in [1.82, 2.24) is 5.32 Å². The third-order valence-electron chi connectivity index (χ3n) is 3.98. The van der Waals surface area contributed by atoms with Gasteiger partial charge in [0, 0.05) is 6.54 Å². The second kappa shape index (κ2) is 10.8. The summed E-state index contributed by atoms with van der Waals surface area (Å²) in [5, 5.41) is 11.2. The summed E-state index contributed by atoms with van der Waals surface area (Å²) in [4.78, 5) is 11.4. The van der Waals surface area contributed by atoms with E-state index in [1.807, 2.05) is 57.2 Å². The molecule has 0 radical (unpaired) electrons. The molecule has 0 aliphatic carbocycles. The summed E-state index contributed by atoms with van der Waals surface area (Å²) >= 11 is 0. The number of rotatable bonds is 10. The summed E-state index contributed by atoms with van der Waals surface area (Å²) in [5.41, 5.74) is 3.11. The number of amides is 1. The van der Waals surface area contributed by atoms with Gasteiger partial charge >= 0.3 is 0 Å². The highest BCUT2D eigenvalue weighted by Crippen LogP contribution is 2.28. The monoisotopic (exact) mass is 382 g/mol. The van der Waals surface area contributed by atoms with Crippen LogP contribution in [0.25, 0.3) is 0 Å². The molecule has 0 spiro atoms. The van der Waals surface area contributed by atoms with Gasteiger partial charge < -0.3 is 19.5 Å². The Morgan fingerprint density at radius 2 is 1.75 bits per heavy atom. The van der Waals surface area contributed by atoms with E-state index in [-0.39, 0.29) is 12.3 Å². The molecule has 2 aromatic carbocycles. The molecular formula is C22H26N2O4. The molecule has 0 aliphatic rings. The molecule has 0 aliphatic heterocycles. The predicted molar refractivity (Wildman–Crippen MR) is 107 cm³/mol. The normalized spacial score (nSPS) is 10.1. The van der Waals surface area contributed by atoms with Gasteiger partial charge in [-0.25, -0.2) is 0 Å². The molecule has 0 atom stereocenters. The maximum Gasteiger partial charge on any atom is 0.234 e. The molecule has 2 aromatic rings. The van der Waals surface area contributed by atoms with Crippen molar-refractivity contribution in [2.24, 2.45) is 0 Å². The van der Waals surface area contributed by atoms with Gasteiger partial charge in [-0.15, -0.1) is 0 Å². The highest BCUT2D eigenvalue weighted by molar-refractivity contribution is 5.77. The van der Waals surface area contributed by atoms with Crippen LogP contribution in [0.2, 0.25) is 0 Å². The van der Waals surface area contributed by atoms with Crippen LogP contribution in [0.3, 0.4) is 0 Å². The van der Waals surface area contributed by atoms with Gasteiger partial charge in [-0.2, -0.15) is 5.26 Å². The lowest BCUT2D eigenvalue weighted by molar-refractivity contribution is -0.120. The van der Waals surface area contributed by atoms with Gasteiger partial charge in [-0.3, -0.25) is 4.79 Å². The standard InChI is InChI=1S/C22H26N2O4/c1-4-26-21-14-18(15-24-22(25)9-10-23)7-8-19(21)27-11-12-28-20-13-16(2)5-6-17(20)3/h5-8,13-14H,4,9,11-12,15H2,1-3H3,(H,24,25). The lowest BCUT2D eigenvalue weighted by atomic mass is 10.1. The first-order chi connectivity index (χ1) is 13.5. The largest absolute Gasteiger partial charge is 0.490 e. The maximum atomic E-state index is 11.4. The van der Waals surface area contributed by atoms with Gasteiger partial charge in [0.25, 0.3) is 0 Å². The van der Waals surface area contributed by atoms with Crippen LogP contribution >= 0.6 is 0 Å². The number of nitriles is 1. The molecule has 0 heterocycles. The minimum Gasteiger partial charge on any atom is -0.490 e. The van der Waals surface area contributed by atoms with E-state index < -0.39 is 0 Å². The van der Waals surface area contributed by atoms with Crippen molar-refractivity contribution < 1.29 is 19.0 Å². The van der Waals surface area contributed by atoms with Crippen molar-refractivity contribution in [1.29, 1.82) is 5.26 Å². The number of nitrogens with zero attached hydrogens (tertiary/aromatic N) is 1. The van der Waals surface area contributed by atoms with Gasteiger partial charge in [0.05, 0.1) is 12.7 Å². The zero-order valence-corrected chi connectivity index (χ0v) is 16.6. The molecule has 1 amide bonds. The highest BCUT2D eigenvalue weighted by atomic mass is 16.5. The average Bonchev–Trinajstić information content (AvgIpc) is 2.68. The van der Waals surface area contributed by atoms with Crippen LogP contribution in [-0.4, -0.2) is 25.7 Å². The van der Waals surface area contributed by atoms with Crippen molar-refractivity contribution in [3.63, 3.8) is 0 Å². The van der Waals surface area contributed by atoms with E-state index in [1.165, 1.54) is 0 Å². The molecule has 28 heavy (non-hydrogen) atoms. The van der Waals surface area contributed by atoms with Crippen LogP contribution < -0.4 is 19.5 Å². The van der Waals surface area contributed by atoms with E-state index in [0.29, 0.717) is 37.9 Å². The number of carbonyl (C=O) groups is 1. The molecule has 0 aromatic heterocycles. The van der Waals surface area contributed by atoms with E-state index in [2.05, 4.69) is 11.4 Å². The summed E-state index contributed by atoms with van der Waals surface area (Å²) in [6, 6.07) is 13.4. The molecule has 6 nitrogen and oxygen atoms in total. The van der Waals surface area contributed by atoms with E-state index in [9.17, 15) is 4.79 Å². The van der Waals surface area contributed by atoms with Crippen molar-refractivity contribution >= 4 is 5.91 Å². The molecule has 0 unspecified atom stereocenters. The minimum absolute atomic E-state index is 0.153. The number of hydrogen-bond acceptors (Lipinski definition) is 5. The van der Waals surface area contributed by atoms with Gasteiger partial charge in [-0.1, -0.05) is 18.2 Å². The molecule has 0 fully saturated rings. The lowest BCUT2D eigenvalue weighted by Crippen LogP contribution is -2.21. The second-order valence-electron chi connectivity index (χ2n) is 6.29. The van der Waals surface area contributed by atoms with Crippen molar-refractivity contribution in [2.45, 2.75) is 33.7 Å². The molecule has 0 saturated carbocycles. The molecule has 0 bridgehead atoms. The third-order valence-corrected chi connectivity index (χ3v) is 3.98. The van der Waals surface area contributed by atoms with Crippen LogP contribution in [-0.2, 0) is 11.3 Å². The SMILES string of the molecule is CCOc1cc(CNC(=O)CC#N)ccc1OCCOc1cc(C)ccc1C. The third kappa shape index (κ3) is 6.51. The topological polar surface area (TPSA) is 80.6 Å². The van der Waals surface area contributed by atoms with Gasteiger partial charge in [-0.05, 0) is 55.7 Å². The molecule has 0 saturated heterocycles. The smallest absolute Gasteiger partial charge is 0.234 e. The van der Waals surface area contributed by atoms with Gasteiger partial charge in [0.15, 0.2) is 11.5 Å². The predicted octanol–water partition coefficient (Wildman–Crippen LogP) is 3.69. The quantitative estimate of drug-likeness (QED) is 0.634. The summed E-state index contributed by atoms with van der Waals surface area (Å²) in [7, 11) is 0. The number of hydrogen-bond donors (Lipinski definition) is 1. The highest BCUT2D eigenvalue weighted by Gasteiger charge is 2.08. The number of nitrogens with one attached hydrogen (secondary N) is 1. The fourth-order valence-corrected chi connectivity index (χ4v) is 2.55. The Hall–Kier alpha value is -3.20. The summed E-state index contributed by atoms with van der Waals surface area (Å²) in [6.07, 6.45) is -0.153. The summed E-state index contributed by atoms with van der Waals surface area (Å²) in [6.45, 7) is 7.57. The van der Waals surface area contributed by atoms with Crippen LogP contribution in [0.1, 0.15) is 30.0 Å². The fourth-order valence-electron chi connectivity index (χ4n) is 2.55. The molecule has 148 valence electrons. The van der Waals surface area contributed by atoms with Gasteiger partial charge in [0.1, 0.15) is 25.4 Å². The van der Waals surface area contributed by atoms with Crippen LogP contribution in [0.5, 0.6) is 17.2 Å². The minimum atomic E-state index is -0.302. The molecular weight excluding hydrogens is 356 g/mol. The first-order valence-electron chi connectivity index (χ1n) is 9.25. The molecule has 2 rings (SSSR count). The van der Waals surface area contributed by atoms with Crippen molar-refractivity contribution in [3.8, 4) is 23.3 Å². The molecule has 1 N–H and O–H groups in total. The zero-order valence-electron chi connectivity index (χ0n) is 16.6. The maximum absolute atomic E-state index is 11.4. The summed E-state index contributed by atoms with van der Waals surface area (Å²) < 4.78 is 17.3. The second-order valence-corrected chi connectivity index (χ2v) is 6.29. The number of aryl methyl sites for hydroxylation is 2. The Morgan fingerprint density at radius 1 is 1.00 bits per heavy atom. The number of carbonyl (C=O) groups excluding carboxylic acids is 1. The van der Waals surface area contributed by atoms with Crippen LogP contribution in [0, 0.1) is 25.2 Å². The van der Waals surface area contributed by atoms with Crippen molar-refractivity contribution in [3.05, 3.63) is 53.1 Å². The Kier molecular flexibility index (Phi) is 8.16. The Balaban J connectivity index is 1.92. The lowest BCUT2D eigenvalue weighted by Gasteiger charge is -2.15. The Bertz CT molecular complexity index is 843. The first kappa shape index (κ1) is 21.1. The van der Waals surface area contributed by atoms with Crippen molar-refractivity contribution in [2.75, 3.05) is 19.8 Å². The number of benzene rings is 2. The zero-order chi connectivity index (χ0) is 20.4. The van der Waals surface area contributed by atoms with E-state index >= 15 is 0 Å². The average molecular weight is 382 g/mol. The van der Waals surface area contributed by atoms with E-state index in [4.69, 9.17) is 19.5 Å². The first-order valence-corrected chi connectivity index (χ1v) is 9.25. The number of ether oxygens (including phenoxy) is 3. The van der Waals surface area contributed by atoms with Gasteiger partial charge in [0.2, 0.25) is 5.91 Å². The van der Waals surface area contributed by atoms with E-state index in [1.54, 1.807) is 0 Å². The Labute approximate surface area is 166 Å². The fraction of sp³-hybridized carbons (Fsp3) is 0.364. The molecule has 6 heteroatoms. The van der Waals surface area contributed by atoms with Crippen LogP contribution in [0.15, 0.2) is 36.4 Å². The van der Waals surface area contributed by atoms with E-state index in [0.717, 1.165) is 22.4 Å². The van der Waals surface area contributed by atoms with Crippen LogP contribution in [0.4, 0.5) is 0 Å².